The van der Waals surface area contributed by atoms with Crippen molar-refractivity contribution >= 4 is 28.9 Å². The molecule has 7 heteroatoms. The van der Waals surface area contributed by atoms with E-state index < -0.39 is 5.91 Å². The van der Waals surface area contributed by atoms with Crippen LogP contribution in [0.1, 0.15) is 36.7 Å². The van der Waals surface area contributed by atoms with E-state index in [-0.39, 0.29) is 16.3 Å². The molecule has 0 spiro atoms. The van der Waals surface area contributed by atoms with Gasteiger partial charge in [-0.1, -0.05) is 26.8 Å². The molecule has 144 valence electrons. The number of thiocarbonyl (C=S) groups is 1. The van der Waals surface area contributed by atoms with Gasteiger partial charge in [-0.3, -0.25) is 10.1 Å². The molecule has 0 saturated carbocycles. The van der Waals surface area contributed by atoms with E-state index in [4.69, 9.17) is 21.7 Å². The molecule has 0 unspecified atom stereocenters. The van der Waals surface area contributed by atoms with Gasteiger partial charge in [0.15, 0.2) is 16.6 Å². The summed E-state index contributed by atoms with van der Waals surface area (Å²) in [5, 5.41) is 15.6. The third kappa shape index (κ3) is 5.10. The number of phenolic OH excluding ortho intramolecular Hbond substituents is 1. The number of methoxy groups -OCH3 is 2. The fourth-order valence-electron chi connectivity index (χ4n) is 2.41. The standard InChI is InChI=1S/C20H24N2O4S/c1-20(2,3)13-7-8-15(23)14(11-13)21-19(27)22-18(24)12-6-9-16(25-4)17(10-12)26-5/h6-11,23H,1-5H3,(H2,21,22,24,27). The minimum atomic E-state index is -0.403. The van der Waals surface area contributed by atoms with Crippen molar-refractivity contribution in [2.45, 2.75) is 26.2 Å². The molecular formula is C20H24N2O4S. The molecule has 2 aromatic rings. The maximum absolute atomic E-state index is 12.4. The zero-order valence-corrected chi connectivity index (χ0v) is 16.9. The molecule has 0 saturated heterocycles. The number of phenols is 1. The summed E-state index contributed by atoms with van der Waals surface area (Å²) in [6.45, 7) is 6.21. The number of amides is 1. The van der Waals surface area contributed by atoms with Gasteiger partial charge >= 0.3 is 0 Å². The summed E-state index contributed by atoms with van der Waals surface area (Å²) >= 11 is 5.21. The fourth-order valence-corrected chi connectivity index (χ4v) is 2.61. The summed E-state index contributed by atoms with van der Waals surface area (Å²) in [5.74, 6) is 0.615. The first-order valence-corrected chi connectivity index (χ1v) is 8.74. The molecule has 0 heterocycles. The van der Waals surface area contributed by atoms with Gasteiger partial charge in [0.1, 0.15) is 5.75 Å². The van der Waals surface area contributed by atoms with E-state index in [1.165, 1.54) is 14.2 Å². The van der Waals surface area contributed by atoms with Crippen LogP contribution < -0.4 is 20.1 Å². The SMILES string of the molecule is COc1ccc(C(=O)NC(=S)Nc2cc(C(C)(C)C)ccc2O)cc1OC. The van der Waals surface area contributed by atoms with Crippen molar-refractivity contribution in [2.24, 2.45) is 0 Å². The average Bonchev–Trinajstić information content (AvgIpc) is 2.61. The Bertz CT molecular complexity index is 860. The van der Waals surface area contributed by atoms with Crippen LogP contribution in [0.15, 0.2) is 36.4 Å². The van der Waals surface area contributed by atoms with E-state index in [0.29, 0.717) is 22.7 Å². The zero-order chi connectivity index (χ0) is 20.2. The Morgan fingerprint density at radius 3 is 2.30 bits per heavy atom. The van der Waals surface area contributed by atoms with Crippen LogP contribution in [0.25, 0.3) is 0 Å². The van der Waals surface area contributed by atoms with Gasteiger partial charge in [0.25, 0.3) is 5.91 Å². The number of anilines is 1. The summed E-state index contributed by atoms with van der Waals surface area (Å²) < 4.78 is 10.4. The topological polar surface area (TPSA) is 79.8 Å². The maximum Gasteiger partial charge on any atom is 0.257 e. The van der Waals surface area contributed by atoms with Crippen LogP contribution in [0.5, 0.6) is 17.2 Å². The molecule has 0 radical (unpaired) electrons. The van der Waals surface area contributed by atoms with E-state index in [1.807, 2.05) is 12.1 Å². The van der Waals surface area contributed by atoms with Crippen LogP contribution in [-0.4, -0.2) is 30.3 Å². The minimum absolute atomic E-state index is 0.0470. The summed E-state index contributed by atoms with van der Waals surface area (Å²) in [7, 11) is 3.02. The van der Waals surface area contributed by atoms with Crippen molar-refractivity contribution in [1.29, 1.82) is 0 Å². The molecule has 3 N–H and O–H groups in total. The van der Waals surface area contributed by atoms with Crippen LogP contribution in [0.2, 0.25) is 0 Å². The summed E-state index contributed by atoms with van der Waals surface area (Å²) in [6, 6.07) is 10.1. The molecule has 0 atom stereocenters. The fraction of sp³-hybridized carbons (Fsp3) is 0.300. The van der Waals surface area contributed by atoms with Gasteiger partial charge < -0.3 is 19.9 Å². The zero-order valence-electron chi connectivity index (χ0n) is 16.0. The predicted octanol–water partition coefficient (Wildman–Crippen LogP) is 3.83. The number of nitrogens with one attached hydrogen (secondary N) is 2. The number of hydrogen-bond donors (Lipinski definition) is 3. The summed E-state index contributed by atoms with van der Waals surface area (Å²) in [4.78, 5) is 12.4. The Kier molecular flexibility index (Phi) is 6.28. The Labute approximate surface area is 164 Å². The van der Waals surface area contributed by atoms with E-state index in [1.54, 1.807) is 24.3 Å². The number of rotatable bonds is 4. The lowest BCUT2D eigenvalue weighted by atomic mass is 9.87. The van der Waals surface area contributed by atoms with Gasteiger partial charge in [0.05, 0.1) is 19.9 Å². The van der Waals surface area contributed by atoms with Crippen molar-refractivity contribution in [3.05, 3.63) is 47.5 Å². The number of ether oxygens (including phenoxy) is 2. The second-order valence-electron chi connectivity index (χ2n) is 6.96. The number of aromatic hydroxyl groups is 1. The molecule has 1 amide bonds. The van der Waals surface area contributed by atoms with Crippen molar-refractivity contribution in [3.8, 4) is 17.2 Å². The quantitative estimate of drug-likeness (QED) is 0.546. The largest absolute Gasteiger partial charge is 0.506 e. The van der Waals surface area contributed by atoms with Gasteiger partial charge in [0.2, 0.25) is 0 Å². The third-order valence-corrected chi connectivity index (χ3v) is 4.19. The van der Waals surface area contributed by atoms with Crippen LogP contribution in [0, 0.1) is 0 Å². The van der Waals surface area contributed by atoms with Crippen molar-refractivity contribution < 1.29 is 19.4 Å². The lowest BCUT2D eigenvalue weighted by Crippen LogP contribution is -2.34. The molecule has 27 heavy (non-hydrogen) atoms. The normalized spacial score (nSPS) is 10.9. The van der Waals surface area contributed by atoms with Crippen LogP contribution in [0.3, 0.4) is 0 Å². The first kappa shape index (κ1) is 20.5. The summed E-state index contributed by atoms with van der Waals surface area (Å²) in [5.41, 5.74) is 1.73. The average molecular weight is 388 g/mol. The third-order valence-electron chi connectivity index (χ3n) is 3.98. The molecule has 0 aromatic heterocycles. The van der Waals surface area contributed by atoms with Crippen molar-refractivity contribution in [1.82, 2.24) is 5.32 Å². The molecule has 0 aliphatic rings. The lowest BCUT2D eigenvalue weighted by molar-refractivity contribution is 0.0977. The highest BCUT2D eigenvalue weighted by Crippen LogP contribution is 2.31. The molecule has 0 bridgehead atoms. The first-order chi connectivity index (χ1) is 12.7. The van der Waals surface area contributed by atoms with Gasteiger partial charge in [-0.15, -0.1) is 0 Å². The molecule has 0 aliphatic carbocycles. The van der Waals surface area contributed by atoms with E-state index in [9.17, 15) is 9.90 Å². The maximum atomic E-state index is 12.4. The van der Waals surface area contributed by atoms with Gasteiger partial charge in [-0.05, 0) is 53.5 Å². The number of carbonyl (C=O) groups excluding carboxylic acids is 1. The van der Waals surface area contributed by atoms with Gasteiger partial charge in [-0.2, -0.15) is 0 Å². The van der Waals surface area contributed by atoms with E-state index in [2.05, 4.69) is 31.4 Å². The highest BCUT2D eigenvalue weighted by atomic mass is 32.1. The molecular weight excluding hydrogens is 364 g/mol. The number of benzene rings is 2. The van der Waals surface area contributed by atoms with Crippen LogP contribution in [0.4, 0.5) is 5.69 Å². The smallest absolute Gasteiger partial charge is 0.257 e. The second-order valence-corrected chi connectivity index (χ2v) is 7.37. The highest BCUT2D eigenvalue weighted by Gasteiger charge is 2.17. The molecule has 2 aromatic carbocycles. The molecule has 0 fully saturated rings. The summed E-state index contributed by atoms with van der Waals surface area (Å²) in [6.07, 6.45) is 0. The van der Waals surface area contributed by atoms with Crippen molar-refractivity contribution in [3.63, 3.8) is 0 Å². The Hall–Kier alpha value is -2.80. The second kappa shape index (κ2) is 8.26. The molecule has 6 nitrogen and oxygen atoms in total. The lowest BCUT2D eigenvalue weighted by Gasteiger charge is -2.21. The van der Waals surface area contributed by atoms with Crippen LogP contribution >= 0.6 is 12.2 Å². The Balaban J connectivity index is 2.13. The Morgan fingerprint density at radius 1 is 1.04 bits per heavy atom. The highest BCUT2D eigenvalue weighted by molar-refractivity contribution is 7.80. The predicted molar refractivity (Wildman–Crippen MR) is 110 cm³/mol. The number of hydrogen-bond acceptors (Lipinski definition) is 5. The van der Waals surface area contributed by atoms with Gasteiger partial charge in [0, 0.05) is 5.56 Å². The monoisotopic (exact) mass is 388 g/mol. The first-order valence-electron chi connectivity index (χ1n) is 8.33. The van der Waals surface area contributed by atoms with Crippen molar-refractivity contribution in [2.75, 3.05) is 19.5 Å². The Morgan fingerprint density at radius 2 is 1.70 bits per heavy atom. The van der Waals surface area contributed by atoms with E-state index >= 15 is 0 Å². The minimum Gasteiger partial charge on any atom is -0.506 e. The number of carbonyl (C=O) groups is 1. The van der Waals surface area contributed by atoms with E-state index in [0.717, 1.165) is 5.56 Å². The van der Waals surface area contributed by atoms with Crippen LogP contribution in [-0.2, 0) is 5.41 Å². The molecule has 0 aliphatic heterocycles. The molecule has 2 rings (SSSR count). The van der Waals surface area contributed by atoms with Gasteiger partial charge in [-0.25, -0.2) is 0 Å².